The van der Waals surface area contributed by atoms with Crippen LogP contribution in [-0.2, 0) is 19.7 Å². The van der Waals surface area contributed by atoms with E-state index in [-0.39, 0.29) is 12.4 Å². The highest BCUT2D eigenvalue weighted by atomic mass is 35.5. The topological polar surface area (TPSA) is 43.6 Å². The van der Waals surface area contributed by atoms with Crippen molar-refractivity contribution in [3.8, 4) is 11.5 Å². The third kappa shape index (κ3) is 5.81. The average Bonchev–Trinajstić information content (AvgIpc) is 3.15. The van der Waals surface area contributed by atoms with E-state index < -0.39 is 0 Å². The second-order valence-electron chi connectivity index (χ2n) is 5.66. The Labute approximate surface area is 174 Å². The van der Waals surface area contributed by atoms with Gasteiger partial charge in [0.25, 0.3) is 0 Å². The van der Waals surface area contributed by atoms with Gasteiger partial charge >= 0.3 is 0 Å². The van der Waals surface area contributed by atoms with Crippen LogP contribution < -0.4 is 14.8 Å². The first-order valence-corrected chi connectivity index (χ1v) is 8.88. The van der Waals surface area contributed by atoms with E-state index in [0.717, 1.165) is 16.9 Å². The third-order valence-corrected chi connectivity index (χ3v) is 4.45. The first-order valence-electron chi connectivity index (χ1n) is 8.13. The molecule has 2 aromatic carbocycles. The largest absolute Gasteiger partial charge is 0.493 e. The molecule has 0 atom stereocenters. The van der Waals surface area contributed by atoms with Gasteiger partial charge in [0, 0.05) is 27.7 Å². The van der Waals surface area contributed by atoms with Crippen LogP contribution in [0.5, 0.6) is 11.5 Å². The molecule has 0 aliphatic heterocycles. The van der Waals surface area contributed by atoms with Crippen molar-refractivity contribution in [2.45, 2.75) is 19.7 Å². The summed E-state index contributed by atoms with van der Waals surface area (Å²) in [4.78, 5) is 0. The van der Waals surface area contributed by atoms with Crippen LogP contribution in [0.25, 0.3) is 0 Å². The van der Waals surface area contributed by atoms with Gasteiger partial charge in [-0.25, -0.2) is 0 Å². The molecule has 1 heterocycles. The summed E-state index contributed by atoms with van der Waals surface area (Å²) in [7, 11) is 1.62. The Kier molecular flexibility index (Phi) is 8.32. The monoisotopic (exact) mass is 427 g/mol. The van der Waals surface area contributed by atoms with Crippen molar-refractivity contribution in [3.63, 3.8) is 0 Å². The lowest BCUT2D eigenvalue weighted by Gasteiger charge is -2.16. The van der Waals surface area contributed by atoms with Gasteiger partial charge in [-0.1, -0.05) is 41.4 Å². The number of halogens is 3. The summed E-state index contributed by atoms with van der Waals surface area (Å²) in [5.74, 6) is 2.24. The molecule has 0 saturated heterocycles. The van der Waals surface area contributed by atoms with Crippen LogP contribution in [0, 0.1) is 0 Å². The van der Waals surface area contributed by atoms with Crippen molar-refractivity contribution in [2.24, 2.45) is 0 Å². The van der Waals surface area contributed by atoms with E-state index in [9.17, 15) is 0 Å². The molecule has 0 fully saturated rings. The van der Waals surface area contributed by atoms with E-state index >= 15 is 0 Å². The van der Waals surface area contributed by atoms with E-state index in [4.69, 9.17) is 37.1 Å². The fourth-order valence-corrected chi connectivity index (χ4v) is 3.01. The number of ether oxygens (including phenoxy) is 2. The second kappa shape index (κ2) is 10.5. The molecule has 0 saturated carbocycles. The molecule has 0 amide bonds. The van der Waals surface area contributed by atoms with E-state index in [1.165, 1.54) is 0 Å². The van der Waals surface area contributed by atoms with Crippen LogP contribution in [-0.4, -0.2) is 7.11 Å². The Morgan fingerprint density at radius 1 is 1.00 bits per heavy atom. The molecule has 1 N–H and O–H groups in total. The molecular formula is C20H20Cl3NO3. The van der Waals surface area contributed by atoms with Gasteiger partial charge < -0.3 is 19.2 Å². The van der Waals surface area contributed by atoms with Crippen LogP contribution in [0.15, 0.2) is 59.2 Å². The maximum Gasteiger partial charge on any atom is 0.166 e. The van der Waals surface area contributed by atoms with Crippen molar-refractivity contribution in [3.05, 3.63) is 81.7 Å². The molecule has 0 spiro atoms. The number of methoxy groups -OCH3 is 1. The van der Waals surface area contributed by atoms with Gasteiger partial charge in [0.05, 0.1) is 19.9 Å². The van der Waals surface area contributed by atoms with Crippen molar-refractivity contribution < 1.29 is 13.9 Å². The van der Waals surface area contributed by atoms with Gasteiger partial charge in [0.2, 0.25) is 0 Å². The Hall–Kier alpha value is -1.85. The Morgan fingerprint density at radius 2 is 1.85 bits per heavy atom. The Balaban J connectivity index is 0.00000261. The molecule has 0 bridgehead atoms. The van der Waals surface area contributed by atoms with E-state index in [1.54, 1.807) is 25.5 Å². The molecule has 0 aliphatic rings. The molecular weight excluding hydrogens is 409 g/mol. The summed E-state index contributed by atoms with van der Waals surface area (Å²) in [6, 6.07) is 15.0. The van der Waals surface area contributed by atoms with Crippen LogP contribution in [0.2, 0.25) is 10.0 Å². The lowest BCUT2D eigenvalue weighted by atomic mass is 10.1. The van der Waals surface area contributed by atoms with Gasteiger partial charge in [-0.2, -0.15) is 0 Å². The number of furan rings is 1. The minimum absolute atomic E-state index is 0. The number of rotatable bonds is 8. The summed E-state index contributed by atoms with van der Waals surface area (Å²) in [5, 5.41) is 4.51. The molecule has 7 heteroatoms. The Morgan fingerprint density at radius 3 is 2.56 bits per heavy atom. The molecule has 0 unspecified atom stereocenters. The zero-order chi connectivity index (χ0) is 18.4. The molecule has 3 rings (SSSR count). The first-order chi connectivity index (χ1) is 12.7. The van der Waals surface area contributed by atoms with Crippen LogP contribution in [0.3, 0.4) is 0 Å². The van der Waals surface area contributed by atoms with E-state index in [2.05, 4.69) is 5.32 Å². The summed E-state index contributed by atoms with van der Waals surface area (Å²) in [5.41, 5.74) is 1.84. The first kappa shape index (κ1) is 21.5. The summed E-state index contributed by atoms with van der Waals surface area (Å²) in [6.07, 6.45) is 1.66. The van der Waals surface area contributed by atoms with Gasteiger partial charge in [-0.3, -0.25) is 0 Å². The lowest BCUT2D eigenvalue weighted by molar-refractivity contribution is 0.280. The molecule has 27 heavy (non-hydrogen) atoms. The highest BCUT2D eigenvalue weighted by Crippen LogP contribution is 2.32. The minimum Gasteiger partial charge on any atom is -0.493 e. The number of para-hydroxylation sites is 1. The third-order valence-electron chi connectivity index (χ3n) is 3.86. The predicted octanol–water partition coefficient (Wildman–Crippen LogP) is 5.89. The van der Waals surface area contributed by atoms with Crippen molar-refractivity contribution in [2.75, 3.05) is 7.11 Å². The van der Waals surface area contributed by atoms with Gasteiger partial charge in [0.1, 0.15) is 12.4 Å². The predicted molar refractivity (Wildman–Crippen MR) is 110 cm³/mol. The maximum absolute atomic E-state index is 6.23. The Bertz CT molecular complexity index is 854. The summed E-state index contributed by atoms with van der Waals surface area (Å²) >= 11 is 12.2. The van der Waals surface area contributed by atoms with Gasteiger partial charge in [-0.15, -0.1) is 12.4 Å². The SMILES string of the molecule is COc1cccc(CNCc2ccco2)c1OCc1ccc(Cl)cc1Cl.Cl. The molecule has 3 aromatic rings. The van der Waals surface area contributed by atoms with E-state index in [0.29, 0.717) is 41.2 Å². The fraction of sp³-hybridized carbons (Fsp3) is 0.200. The zero-order valence-corrected chi connectivity index (χ0v) is 17.0. The standard InChI is InChI=1S/C20H19Cl2NO3.ClH/c1-24-19-6-2-4-14(11-23-12-17-5-3-9-25-17)20(19)26-13-15-7-8-16(21)10-18(15)22;/h2-10,23H,11-13H2,1H3;1H. The quantitative estimate of drug-likeness (QED) is 0.486. The van der Waals surface area contributed by atoms with E-state index in [1.807, 2.05) is 36.4 Å². The molecule has 4 nitrogen and oxygen atoms in total. The maximum atomic E-state index is 6.23. The molecule has 144 valence electrons. The number of hydrogen-bond acceptors (Lipinski definition) is 4. The fourth-order valence-electron chi connectivity index (χ4n) is 2.55. The summed E-state index contributed by atoms with van der Waals surface area (Å²) in [6.45, 7) is 1.57. The smallest absolute Gasteiger partial charge is 0.166 e. The van der Waals surface area contributed by atoms with Gasteiger partial charge in [0.15, 0.2) is 11.5 Å². The lowest BCUT2D eigenvalue weighted by Crippen LogP contribution is -2.13. The normalized spacial score (nSPS) is 10.3. The van der Waals surface area contributed by atoms with Crippen molar-refractivity contribution in [1.82, 2.24) is 5.32 Å². The van der Waals surface area contributed by atoms with Crippen LogP contribution in [0.4, 0.5) is 0 Å². The number of nitrogens with one attached hydrogen (secondary N) is 1. The average molecular weight is 429 g/mol. The summed E-state index contributed by atoms with van der Waals surface area (Å²) < 4.78 is 16.8. The van der Waals surface area contributed by atoms with Crippen LogP contribution in [0.1, 0.15) is 16.9 Å². The number of benzene rings is 2. The highest BCUT2D eigenvalue weighted by molar-refractivity contribution is 6.35. The van der Waals surface area contributed by atoms with Crippen LogP contribution >= 0.6 is 35.6 Å². The zero-order valence-electron chi connectivity index (χ0n) is 14.7. The highest BCUT2D eigenvalue weighted by Gasteiger charge is 2.12. The number of hydrogen-bond donors (Lipinski definition) is 1. The molecule has 0 radical (unpaired) electrons. The van der Waals surface area contributed by atoms with Gasteiger partial charge in [-0.05, 0) is 30.3 Å². The molecule has 1 aromatic heterocycles. The molecule has 0 aliphatic carbocycles. The minimum atomic E-state index is 0. The van der Waals surface area contributed by atoms with Crippen molar-refractivity contribution in [1.29, 1.82) is 0 Å². The second-order valence-corrected chi connectivity index (χ2v) is 6.50. The van der Waals surface area contributed by atoms with Crippen molar-refractivity contribution >= 4 is 35.6 Å².